The Morgan fingerprint density at radius 3 is 2.87 bits per heavy atom. The van der Waals surface area contributed by atoms with Crippen molar-refractivity contribution in [2.75, 3.05) is 23.4 Å². The minimum absolute atomic E-state index is 0.0597. The molecule has 0 spiro atoms. The Hall–Kier alpha value is -2.60. The largest absolute Gasteiger partial charge is 0.482 e. The van der Waals surface area contributed by atoms with Gasteiger partial charge in [0.1, 0.15) is 18.1 Å². The van der Waals surface area contributed by atoms with Crippen LogP contribution in [0.3, 0.4) is 0 Å². The molecule has 1 aliphatic rings. The summed E-state index contributed by atoms with van der Waals surface area (Å²) in [5.41, 5.74) is 0.474. The lowest BCUT2D eigenvalue weighted by Gasteiger charge is -2.29. The number of rotatable bonds is 3. The average molecular weight is 335 g/mol. The monoisotopic (exact) mass is 334 g/mol. The summed E-state index contributed by atoms with van der Waals surface area (Å²) in [5, 5.41) is 2.86. The van der Waals surface area contributed by atoms with E-state index in [1.807, 2.05) is 0 Å². The molecule has 0 radical (unpaired) electrons. The molecular weight excluding hydrogens is 323 g/mol. The SMILES string of the molecule is O=C(CN1C(=O)COc2ccc(Cl)cc21)Nc1ccccc1F. The highest BCUT2D eigenvalue weighted by atomic mass is 35.5. The van der Waals surface area contributed by atoms with E-state index in [4.69, 9.17) is 16.3 Å². The summed E-state index contributed by atoms with van der Waals surface area (Å²) in [7, 11) is 0. The van der Waals surface area contributed by atoms with Crippen LogP contribution in [0.5, 0.6) is 5.75 Å². The lowest BCUT2D eigenvalue weighted by molar-refractivity contribution is -0.123. The Morgan fingerprint density at radius 2 is 2.09 bits per heavy atom. The molecule has 0 unspecified atom stereocenters. The van der Waals surface area contributed by atoms with E-state index in [1.54, 1.807) is 24.3 Å². The number of nitrogens with one attached hydrogen (secondary N) is 1. The lowest BCUT2D eigenvalue weighted by atomic mass is 10.2. The Morgan fingerprint density at radius 1 is 1.30 bits per heavy atom. The number of carbonyl (C=O) groups is 2. The van der Waals surface area contributed by atoms with Crippen molar-refractivity contribution in [2.24, 2.45) is 0 Å². The van der Waals surface area contributed by atoms with Gasteiger partial charge in [0.15, 0.2) is 6.61 Å². The summed E-state index contributed by atoms with van der Waals surface area (Å²) in [6.07, 6.45) is 0. The van der Waals surface area contributed by atoms with Gasteiger partial charge in [-0.3, -0.25) is 14.5 Å². The van der Waals surface area contributed by atoms with Gasteiger partial charge in [0, 0.05) is 5.02 Å². The van der Waals surface area contributed by atoms with Crippen LogP contribution in [0, 0.1) is 5.82 Å². The van der Waals surface area contributed by atoms with Crippen molar-refractivity contribution in [2.45, 2.75) is 0 Å². The summed E-state index contributed by atoms with van der Waals surface area (Å²) < 4.78 is 18.9. The fourth-order valence-corrected chi connectivity index (χ4v) is 2.41. The van der Waals surface area contributed by atoms with E-state index >= 15 is 0 Å². The fourth-order valence-electron chi connectivity index (χ4n) is 2.24. The quantitative estimate of drug-likeness (QED) is 0.939. The van der Waals surface area contributed by atoms with Gasteiger partial charge in [-0.2, -0.15) is 0 Å². The topological polar surface area (TPSA) is 58.6 Å². The molecule has 1 N–H and O–H groups in total. The van der Waals surface area contributed by atoms with Crippen molar-refractivity contribution in [1.29, 1.82) is 0 Å². The van der Waals surface area contributed by atoms with Gasteiger partial charge in [-0.25, -0.2) is 4.39 Å². The molecular formula is C16H12ClFN2O3. The van der Waals surface area contributed by atoms with Crippen molar-refractivity contribution < 1.29 is 18.7 Å². The second-order valence-corrected chi connectivity index (χ2v) is 5.35. The maximum absolute atomic E-state index is 13.6. The molecule has 2 aromatic rings. The number of benzene rings is 2. The van der Waals surface area contributed by atoms with Crippen molar-refractivity contribution in [3.8, 4) is 5.75 Å². The van der Waals surface area contributed by atoms with E-state index in [0.29, 0.717) is 16.5 Å². The number of fused-ring (bicyclic) bond motifs is 1. The summed E-state index contributed by atoms with van der Waals surface area (Å²) in [4.78, 5) is 25.4. The predicted octanol–water partition coefficient (Wildman–Crippen LogP) is 2.84. The number of carbonyl (C=O) groups excluding carboxylic acids is 2. The van der Waals surface area contributed by atoms with Crippen molar-refractivity contribution in [3.05, 3.63) is 53.3 Å². The maximum atomic E-state index is 13.6. The van der Waals surface area contributed by atoms with E-state index < -0.39 is 11.7 Å². The molecule has 118 valence electrons. The summed E-state index contributed by atoms with van der Waals surface area (Å²) >= 11 is 5.93. The Bertz CT molecular complexity index is 782. The number of hydrogen-bond donors (Lipinski definition) is 1. The second-order valence-electron chi connectivity index (χ2n) is 4.91. The van der Waals surface area contributed by atoms with Crippen LogP contribution in [0.15, 0.2) is 42.5 Å². The molecule has 0 bridgehead atoms. The number of nitrogens with zero attached hydrogens (tertiary/aromatic N) is 1. The fraction of sp³-hybridized carbons (Fsp3) is 0.125. The normalized spacial score (nSPS) is 13.3. The van der Waals surface area contributed by atoms with Gasteiger partial charge in [-0.05, 0) is 30.3 Å². The highest BCUT2D eigenvalue weighted by Crippen LogP contribution is 2.34. The third-order valence-corrected chi connectivity index (χ3v) is 3.55. The number of halogens is 2. The van der Waals surface area contributed by atoms with Crippen molar-refractivity contribution >= 4 is 34.8 Å². The maximum Gasteiger partial charge on any atom is 0.265 e. The molecule has 0 saturated heterocycles. The first-order valence-electron chi connectivity index (χ1n) is 6.81. The smallest absolute Gasteiger partial charge is 0.265 e. The third kappa shape index (κ3) is 3.27. The zero-order valence-electron chi connectivity index (χ0n) is 11.9. The van der Waals surface area contributed by atoms with Gasteiger partial charge >= 0.3 is 0 Å². The molecule has 2 amide bonds. The van der Waals surface area contributed by atoms with Crippen molar-refractivity contribution in [3.63, 3.8) is 0 Å². The molecule has 2 aromatic carbocycles. The second kappa shape index (κ2) is 6.26. The van der Waals surface area contributed by atoms with Gasteiger partial charge < -0.3 is 10.1 Å². The van der Waals surface area contributed by atoms with Gasteiger partial charge in [-0.1, -0.05) is 23.7 Å². The number of anilines is 2. The van der Waals surface area contributed by atoms with Gasteiger partial charge in [-0.15, -0.1) is 0 Å². The summed E-state index contributed by atoms with van der Waals surface area (Å²) in [5.74, 6) is -0.968. The lowest BCUT2D eigenvalue weighted by Crippen LogP contribution is -2.43. The van der Waals surface area contributed by atoms with Crippen LogP contribution < -0.4 is 15.0 Å². The van der Waals surface area contributed by atoms with E-state index in [1.165, 1.54) is 23.1 Å². The third-order valence-electron chi connectivity index (χ3n) is 3.31. The van der Waals surface area contributed by atoms with E-state index in [0.717, 1.165) is 0 Å². The Balaban J connectivity index is 1.80. The number of amides is 2. The molecule has 0 fully saturated rings. The minimum atomic E-state index is -0.544. The molecule has 5 nitrogen and oxygen atoms in total. The van der Waals surface area contributed by atoms with Crippen LogP contribution in [-0.4, -0.2) is 25.0 Å². The van der Waals surface area contributed by atoms with Crippen LogP contribution in [0.2, 0.25) is 5.02 Å². The Kier molecular flexibility index (Phi) is 4.16. The molecule has 0 aromatic heterocycles. The first-order chi connectivity index (χ1) is 11.0. The van der Waals surface area contributed by atoms with Gasteiger partial charge in [0.2, 0.25) is 5.91 Å². The molecule has 0 aliphatic carbocycles. The first-order valence-corrected chi connectivity index (χ1v) is 7.19. The van der Waals surface area contributed by atoms with E-state index in [9.17, 15) is 14.0 Å². The minimum Gasteiger partial charge on any atom is -0.482 e. The highest BCUT2D eigenvalue weighted by Gasteiger charge is 2.27. The highest BCUT2D eigenvalue weighted by molar-refractivity contribution is 6.31. The molecule has 0 saturated carbocycles. The number of para-hydroxylation sites is 1. The van der Waals surface area contributed by atoms with Gasteiger partial charge in [0.25, 0.3) is 5.91 Å². The number of hydrogen-bond acceptors (Lipinski definition) is 3. The zero-order valence-corrected chi connectivity index (χ0v) is 12.6. The first kappa shape index (κ1) is 15.3. The van der Waals surface area contributed by atoms with Crippen LogP contribution in [0.1, 0.15) is 0 Å². The molecule has 1 heterocycles. The van der Waals surface area contributed by atoms with E-state index in [2.05, 4.69) is 5.32 Å². The summed E-state index contributed by atoms with van der Waals surface area (Å²) in [6, 6.07) is 10.6. The van der Waals surface area contributed by atoms with Crippen molar-refractivity contribution in [1.82, 2.24) is 0 Å². The predicted molar refractivity (Wildman–Crippen MR) is 84.3 cm³/mol. The van der Waals surface area contributed by atoms with Crippen LogP contribution in [0.25, 0.3) is 0 Å². The zero-order chi connectivity index (χ0) is 16.4. The standard InChI is InChI=1S/C16H12ClFN2O3/c17-10-5-6-14-13(7-10)20(16(22)9-23-14)8-15(21)19-12-4-2-1-3-11(12)18/h1-7H,8-9H2,(H,19,21). The van der Waals surface area contributed by atoms with Gasteiger partial charge in [0.05, 0.1) is 11.4 Å². The van der Waals surface area contributed by atoms with Crippen LogP contribution >= 0.6 is 11.6 Å². The molecule has 1 aliphatic heterocycles. The molecule has 0 atom stereocenters. The molecule has 7 heteroatoms. The van der Waals surface area contributed by atoms with E-state index in [-0.39, 0.29) is 24.7 Å². The van der Waals surface area contributed by atoms with Crippen LogP contribution in [-0.2, 0) is 9.59 Å². The van der Waals surface area contributed by atoms with Crippen LogP contribution in [0.4, 0.5) is 15.8 Å². The average Bonchev–Trinajstić information content (AvgIpc) is 2.52. The number of ether oxygens (including phenoxy) is 1. The summed E-state index contributed by atoms with van der Waals surface area (Å²) in [6.45, 7) is -0.425. The molecule has 3 rings (SSSR count). The molecule has 23 heavy (non-hydrogen) atoms. The Labute approximate surface area is 136 Å².